The number of thioether (sulfide) groups is 1. The molecule has 1 amide bonds. The highest BCUT2D eigenvalue weighted by Gasteiger charge is 2.32. The summed E-state index contributed by atoms with van der Waals surface area (Å²) in [6.45, 7) is 0.764. The lowest BCUT2D eigenvalue weighted by Gasteiger charge is -2.14. The van der Waals surface area contributed by atoms with Crippen LogP contribution in [0.15, 0.2) is 77.8 Å². The smallest absolute Gasteiger partial charge is 0.274 e. The van der Waals surface area contributed by atoms with Crippen molar-refractivity contribution in [2.75, 3.05) is 0 Å². The molecule has 6 nitrogen and oxygen atoms in total. The molecule has 150 valence electrons. The maximum absolute atomic E-state index is 12.9. The standard InChI is InChI=1S/C22H17N3O3S2/c26-21-20(30-22(29)24(21)14-16-7-2-1-3-8-16)13-18-10-6-12-23(18)15-17-9-4-5-11-19(17)25(27)28/h1-13H,14-15H2/b20-13-. The van der Waals surface area contributed by atoms with Crippen LogP contribution in [0, 0.1) is 10.1 Å². The van der Waals surface area contributed by atoms with Crippen molar-refractivity contribution >= 4 is 46.0 Å². The number of nitro groups is 1. The van der Waals surface area contributed by atoms with Gasteiger partial charge >= 0.3 is 0 Å². The number of hydrogen-bond acceptors (Lipinski definition) is 5. The van der Waals surface area contributed by atoms with Crippen molar-refractivity contribution in [3.05, 3.63) is 105 Å². The van der Waals surface area contributed by atoms with E-state index in [1.54, 1.807) is 29.2 Å². The number of thiocarbonyl (C=S) groups is 1. The van der Waals surface area contributed by atoms with Crippen LogP contribution in [0.25, 0.3) is 6.08 Å². The van der Waals surface area contributed by atoms with Gasteiger partial charge in [-0.05, 0) is 23.8 Å². The van der Waals surface area contributed by atoms with Gasteiger partial charge in [0.1, 0.15) is 4.32 Å². The molecule has 3 aromatic rings. The Balaban J connectivity index is 1.57. The molecule has 0 saturated carbocycles. The monoisotopic (exact) mass is 435 g/mol. The summed E-state index contributed by atoms with van der Waals surface area (Å²) in [4.78, 5) is 26.0. The predicted octanol–water partition coefficient (Wildman–Crippen LogP) is 4.85. The van der Waals surface area contributed by atoms with Crippen LogP contribution in [0.4, 0.5) is 5.69 Å². The van der Waals surface area contributed by atoms with E-state index in [2.05, 4.69) is 0 Å². The Bertz CT molecular complexity index is 1160. The second kappa shape index (κ2) is 8.64. The fraction of sp³-hybridized carbons (Fsp3) is 0.0909. The normalized spacial score (nSPS) is 15.2. The van der Waals surface area contributed by atoms with Gasteiger partial charge in [-0.3, -0.25) is 19.8 Å². The van der Waals surface area contributed by atoms with Gasteiger partial charge in [0, 0.05) is 23.5 Å². The molecule has 1 fully saturated rings. The minimum Gasteiger partial charge on any atom is -0.343 e. The number of hydrogen-bond donors (Lipinski definition) is 0. The molecule has 2 aromatic carbocycles. The van der Waals surface area contributed by atoms with Crippen molar-refractivity contribution in [3.63, 3.8) is 0 Å². The predicted molar refractivity (Wildman–Crippen MR) is 122 cm³/mol. The number of para-hydroxylation sites is 1. The lowest BCUT2D eigenvalue weighted by molar-refractivity contribution is -0.385. The van der Waals surface area contributed by atoms with E-state index in [4.69, 9.17) is 12.2 Å². The topological polar surface area (TPSA) is 68.4 Å². The van der Waals surface area contributed by atoms with Crippen LogP contribution in [-0.4, -0.2) is 24.6 Å². The minimum atomic E-state index is -0.382. The molecular weight excluding hydrogens is 418 g/mol. The van der Waals surface area contributed by atoms with Gasteiger partial charge in [-0.15, -0.1) is 0 Å². The van der Waals surface area contributed by atoms with Crippen molar-refractivity contribution < 1.29 is 9.72 Å². The van der Waals surface area contributed by atoms with Crippen molar-refractivity contribution in [1.29, 1.82) is 0 Å². The summed E-state index contributed by atoms with van der Waals surface area (Å²) in [5.74, 6) is -0.132. The molecule has 0 bridgehead atoms. The van der Waals surface area contributed by atoms with E-state index in [-0.39, 0.29) is 16.5 Å². The molecule has 0 spiro atoms. The zero-order chi connectivity index (χ0) is 21.1. The maximum Gasteiger partial charge on any atom is 0.274 e. The van der Waals surface area contributed by atoms with Gasteiger partial charge in [-0.25, -0.2) is 0 Å². The van der Waals surface area contributed by atoms with E-state index in [0.29, 0.717) is 27.9 Å². The number of nitro benzene ring substituents is 1. The highest BCUT2D eigenvalue weighted by Crippen LogP contribution is 2.34. The molecule has 2 heterocycles. The molecule has 0 N–H and O–H groups in total. The van der Waals surface area contributed by atoms with Crippen LogP contribution in [0.2, 0.25) is 0 Å². The van der Waals surface area contributed by atoms with E-state index < -0.39 is 0 Å². The van der Waals surface area contributed by atoms with Gasteiger partial charge in [0.15, 0.2) is 0 Å². The Morgan fingerprint density at radius 1 is 1.00 bits per heavy atom. The Labute approximate surface area is 183 Å². The second-order valence-corrected chi connectivity index (χ2v) is 8.38. The van der Waals surface area contributed by atoms with E-state index in [0.717, 1.165) is 11.3 Å². The second-order valence-electron chi connectivity index (χ2n) is 6.70. The van der Waals surface area contributed by atoms with Crippen LogP contribution >= 0.6 is 24.0 Å². The number of carbonyl (C=O) groups excluding carboxylic acids is 1. The van der Waals surface area contributed by atoms with Gasteiger partial charge in [-0.2, -0.15) is 0 Å². The van der Waals surface area contributed by atoms with Gasteiger partial charge in [0.2, 0.25) is 0 Å². The van der Waals surface area contributed by atoms with Crippen LogP contribution in [0.3, 0.4) is 0 Å². The molecule has 1 aromatic heterocycles. The van der Waals surface area contributed by atoms with E-state index in [1.807, 2.05) is 53.2 Å². The average molecular weight is 436 g/mol. The lowest BCUT2D eigenvalue weighted by atomic mass is 10.2. The summed E-state index contributed by atoms with van der Waals surface area (Å²) in [7, 11) is 0. The molecule has 0 radical (unpaired) electrons. The number of benzene rings is 2. The van der Waals surface area contributed by atoms with Gasteiger partial charge in [0.05, 0.1) is 22.9 Å². The zero-order valence-corrected chi connectivity index (χ0v) is 17.4. The summed E-state index contributed by atoms with van der Waals surface area (Å²) in [6.07, 6.45) is 3.63. The third-order valence-corrected chi connectivity index (χ3v) is 6.11. The first kappa shape index (κ1) is 20.1. The number of nitrogens with zero attached hydrogens (tertiary/aromatic N) is 3. The number of aromatic nitrogens is 1. The summed E-state index contributed by atoms with van der Waals surface area (Å²) >= 11 is 6.69. The number of rotatable bonds is 6. The SMILES string of the molecule is O=C1/C(=C/c2cccn2Cc2ccccc2[N+](=O)[O-])SC(=S)N1Cc1ccccc1. The first-order valence-electron chi connectivity index (χ1n) is 9.19. The molecule has 30 heavy (non-hydrogen) atoms. The van der Waals surface area contributed by atoms with Gasteiger partial charge < -0.3 is 4.57 Å². The lowest BCUT2D eigenvalue weighted by Crippen LogP contribution is -2.27. The van der Waals surface area contributed by atoms with Crippen LogP contribution in [-0.2, 0) is 17.9 Å². The molecule has 0 unspecified atom stereocenters. The Morgan fingerprint density at radius 2 is 1.73 bits per heavy atom. The fourth-order valence-electron chi connectivity index (χ4n) is 3.25. The minimum absolute atomic E-state index is 0.0753. The summed E-state index contributed by atoms with van der Waals surface area (Å²) in [5.41, 5.74) is 2.47. The largest absolute Gasteiger partial charge is 0.343 e. The number of amides is 1. The van der Waals surface area contributed by atoms with Crippen LogP contribution in [0.5, 0.6) is 0 Å². The van der Waals surface area contributed by atoms with E-state index in [9.17, 15) is 14.9 Å². The maximum atomic E-state index is 12.9. The van der Waals surface area contributed by atoms with Crippen LogP contribution in [0.1, 0.15) is 16.8 Å². The summed E-state index contributed by atoms with van der Waals surface area (Å²) in [6, 6.07) is 20.1. The van der Waals surface area contributed by atoms with Gasteiger partial charge in [-0.1, -0.05) is 72.5 Å². The third-order valence-electron chi connectivity index (χ3n) is 4.73. The van der Waals surface area contributed by atoms with Crippen molar-refractivity contribution in [3.8, 4) is 0 Å². The van der Waals surface area contributed by atoms with Gasteiger partial charge in [0.25, 0.3) is 11.6 Å². The number of carbonyl (C=O) groups is 1. The molecular formula is C22H17N3O3S2. The van der Waals surface area contributed by atoms with Crippen molar-refractivity contribution in [2.45, 2.75) is 13.1 Å². The molecule has 8 heteroatoms. The highest BCUT2D eigenvalue weighted by atomic mass is 32.2. The van der Waals surface area contributed by atoms with E-state index >= 15 is 0 Å². The average Bonchev–Trinajstić information content (AvgIpc) is 3.28. The Hall–Kier alpha value is -3.23. The zero-order valence-electron chi connectivity index (χ0n) is 15.8. The Kier molecular flexibility index (Phi) is 5.78. The van der Waals surface area contributed by atoms with Crippen molar-refractivity contribution in [2.24, 2.45) is 0 Å². The summed E-state index contributed by atoms with van der Waals surface area (Å²) < 4.78 is 2.40. The van der Waals surface area contributed by atoms with E-state index in [1.165, 1.54) is 17.8 Å². The fourth-order valence-corrected chi connectivity index (χ4v) is 4.48. The first-order chi connectivity index (χ1) is 14.5. The third kappa shape index (κ3) is 4.19. The molecule has 0 atom stereocenters. The molecule has 0 aliphatic carbocycles. The molecule has 1 aliphatic rings. The van der Waals surface area contributed by atoms with Crippen molar-refractivity contribution in [1.82, 2.24) is 9.47 Å². The quantitative estimate of drug-likeness (QED) is 0.240. The molecule has 1 saturated heterocycles. The molecule has 4 rings (SSSR count). The van der Waals surface area contributed by atoms with Crippen LogP contribution < -0.4 is 0 Å². The highest BCUT2D eigenvalue weighted by molar-refractivity contribution is 8.26. The first-order valence-corrected chi connectivity index (χ1v) is 10.4. The molecule has 1 aliphatic heterocycles. The Morgan fingerprint density at radius 3 is 2.50 bits per heavy atom. The summed E-state index contributed by atoms with van der Waals surface area (Å²) in [5, 5.41) is 11.3.